The van der Waals surface area contributed by atoms with Crippen molar-refractivity contribution in [2.24, 2.45) is 5.92 Å². The molecule has 1 amide bonds. The molecule has 0 radical (unpaired) electrons. The van der Waals surface area contributed by atoms with Crippen molar-refractivity contribution < 1.29 is 9.72 Å². The summed E-state index contributed by atoms with van der Waals surface area (Å²) in [6.07, 6.45) is 1.88. The van der Waals surface area contributed by atoms with Crippen LogP contribution in [0.4, 0.5) is 5.69 Å². The quantitative estimate of drug-likeness (QED) is 0.633. The average Bonchev–Trinajstić information content (AvgIpc) is 2.36. The van der Waals surface area contributed by atoms with Crippen LogP contribution in [0.1, 0.15) is 44.0 Å². The van der Waals surface area contributed by atoms with Gasteiger partial charge in [0.25, 0.3) is 11.6 Å². The lowest BCUT2D eigenvalue weighted by Gasteiger charge is -2.15. The van der Waals surface area contributed by atoms with Gasteiger partial charge >= 0.3 is 0 Å². The van der Waals surface area contributed by atoms with Crippen molar-refractivity contribution in [3.63, 3.8) is 0 Å². The number of nitrogens with zero attached hydrogens (tertiary/aromatic N) is 1. The van der Waals surface area contributed by atoms with Crippen LogP contribution < -0.4 is 5.32 Å². The average molecular weight is 264 g/mol. The molecule has 1 aromatic rings. The largest absolute Gasteiger partial charge is 0.349 e. The van der Waals surface area contributed by atoms with Crippen LogP contribution in [0.3, 0.4) is 0 Å². The Morgan fingerprint density at radius 1 is 1.26 bits per heavy atom. The van der Waals surface area contributed by atoms with Gasteiger partial charge in [-0.05, 0) is 31.7 Å². The Kier molecular flexibility index (Phi) is 5.48. The fraction of sp³-hybridized carbons (Fsp3) is 0.500. The van der Waals surface area contributed by atoms with Crippen LogP contribution in [-0.4, -0.2) is 16.9 Å². The maximum Gasteiger partial charge on any atom is 0.282 e. The molecule has 5 heteroatoms. The monoisotopic (exact) mass is 264 g/mol. The van der Waals surface area contributed by atoms with E-state index in [2.05, 4.69) is 19.2 Å². The predicted octanol–water partition coefficient (Wildman–Crippen LogP) is 3.15. The molecule has 0 saturated heterocycles. The van der Waals surface area contributed by atoms with E-state index >= 15 is 0 Å². The molecule has 0 aliphatic rings. The van der Waals surface area contributed by atoms with Crippen LogP contribution in [0.15, 0.2) is 24.3 Å². The van der Waals surface area contributed by atoms with Crippen LogP contribution >= 0.6 is 0 Å². The van der Waals surface area contributed by atoms with Crippen LogP contribution in [0, 0.1) is 16.0 Å². The van der Waals surface area contributed by atoms with Gasteiger partial charge in [-0.2, -0.15) is 0 Å². The highest BCUT2D eigenvalue weighted by molar-refractivity contribution is 5.98. The van der Waals surface area contributed by atoms with Crippen LogP contribution in [-0.2, 0) is 0 Å². The maximum atomic E-state index is 12.0. The number of nitrogens with one attached hydrogen (secondary N) is 1. The summed E-state index contributed by atoms with van der Waals surface area (Å²) in [7, 11) is 0. The van der Waals surface area contributed by atoms with Gasteiger partial charge in [0, 0.05) is 12.1 Å². The lowest BCUT2D eigenvalue weighted by atomic mass is 10.0. The molecule has 104 valence electrons. The molecular formula is C14H20N2O3. The van der Waals surface area contributed by atoms with Crippen LogP contribution in [0.25, 0.3) is 0 Å². The van der Waals surface area contributed by atoms with Gasteiger partial charge in [0.05, 0.1) is 4.92 Å². The topological polar surface area (TPSA) is 72.2 Å². The number of amides is 1. The fourth-order valence-corrected chi connectivity index (χ4v) is 1.78. The second-order valence-corrected chi connectivity index (χ2v) is 5.12. The molecule has 1 aromatic carbocycles. The van der Waals surface area contributed by atoms with E-state index < -0.39 is 4.92 Å². The summed E-state index contributed by atoms with van der Waals surface area (Å²) in [5.41, 5.74) is -0.0417. The standard InChI is InChI=1S/C14H20N2O3/c1-10(2)8-9-11(3)15-14(17)12-6-4-5-7-13(12)16(18)19/h4-7,10-11H,8-9H2,1-3H3,(H,15,17). The van der Waals surface area contributed by atoms with E-state index in [4.69, 9.17) is 0 Å². The van der Waals surface area contributed by atoms with Crippen molar-refractivity contribution in [1.82, 2.24) is 5.32 Å². The van der Waals surface area contributed by atoms with Gasteiger partial charge in [-0.25, -0.2) is 0 Å². The summed E-state index contributed by atoms with van der Waals surface area (Å²) in [4.78, 5) is 22.3. The smallest absolute Gasteiger partial charge is 0.282 e. The molecule has 0 bridgehead atoms. The van der Waals surface area contributed by atoms with Gasteiger partial charge in [-0.1, -0.05) is 26.0 Å². The molecule has 0 aliphatic heterocycles. The van der Waals surface area contributed by atoms with Gasteiger partial charge in [0.2, 0.25) is 0 Å². The molecule has 1 N–H and O–H groups in total. The van der Waals surface area contributed by atoms with E-state index in [1.54, 1.807) is 12.1 Å². The number of nitro benzene ring substituents is 1. The maximum absolute atomic E-state index is 12.0. The number of benzene rings is 1. The van der Waals surface area contributed by atoms with Crippen molar-refractivity contribution >= 4 is 11.6 Å². The van der Waals surface area contributed by atoms with Gasteiger partial charge in [0.15, 0.2) is 0 Å². The lowest BCUT2D eigenvalue weighted by Crippen LogP contribution is -2.33. The Hall–Kier alpha value is -1.91. The van der Waals surface area contributed by atoms with Gasteiger partial charge in [0.1, 0.15) is 5.56 Å². The van der Waals surface area contributed by atoms with E-state index in [0.29, 0.717) is 5.92 Å². The van der Waals surface area contributed by atoms with Gasteiger partial charge < -0.3 is 5.32 Å². The normalized spacial score (nSPS) is 12.2. The fourth-order valence-electron chi connectivity index (χ4n) is 1.78. The molecule has 0 heterocycles. The first-order valence-electron chi connectivity index (χ1n) is 6.46. The lowest BCUT2D eigenvalue weighted by molar-refractivity contribution is -0.385. The van der Waals surface area contributed by atoms with E-state index in [0.717, 1.165) is 12.8 Å². The highest BCUT2D eigenvalue weighted by Gasteiger charge is 2.20. The summed E-state index contributed by atoms with van der Waals surface area (Å²) >= 11 is 0. The Morgan fingerprint density at radius 2 is 1.89 bits per heavy atom. The summed E-state index contributed by atoms with van der Waals surface area (Å²) in [5, 5.41) is 13.7. The first-order valence-corrected chi connectivity index (χ1v) is 6.46. The zero-order valence-electron chi connectivity index (χ0n) is 11.6. The van der Waals surface area contributed by atoms with Crippen LogP contribution in [0.5, 0.6) is 0 Å². The molecule has 0 spiro atoms. The first-order chi connectivity index (χ1) is 8.91. The number of carbonyl (C=O) groups excluding carboxylic acids is 1. The summed E-state index contributed by atoms with van der Waals surface area (Å²) in [6.45, 7) is 6.15. The van der Waals surface area contributed by atoms with E-state index in [1.165, 1.54) is 12.1 Å². The van der Waals surface area contributed by atoms with Crippen molar-refractivity contribution in [1.29, 1.82) is 0 Å². The third kappa shape index (κ3) is 4.69. The number of nitro groups is 1. The molecule has 19 heavy (non-hydrogen) atoms. The molecule has 0 aliphatic carbocycles. The molecule has 0 saturated carbocycles. The zero-order chi connectivity index (χ0) is 14.4. The minimum Gasteiger partial charge on any atom is -0.349 e. The Bertz CT molecular complexity index is 458. The van der Waals surface area contributed by atoms with E-state index in [9.17, 15) is 14.9 Å². The molecular weight excluding hydrogens is 244 g/mol. The highest BCUT2D eigenvalue weighted by Crippen LogP contribution is 2.17. The molecule has 0 aromatic heterocycles. The Balaban J connectivity index is 2.70. The zero-order valence-corrected chi connectivity index (χ0v) is 11.6. The summed E-state index contributed by atoms with van der Waals surface area (Å²) in [5.74, 6) is 0.189. The SMILES string of the molecule is CC(C)CCC(C)NC(=O)c1ccccc1[N+](=O)[O-]. The number of para-hydroxylation sites is 1. The van der Waals surface area contributed by atoms with Crippen molar-refractivity contribution in [2.75, 3.05) is 0 Å². The van der Waals surface area contributed by atoms with Crippen molar-refractivity contribution in [3.05, 3.63) is 39.9 Å². The third-order valence-corrected chi connectivity index (χ3v) is 2.90. The summed E-state index contributed by atoms with van der Waals surface area (Å²) in [6, 6.07) is 6.00. The highest BCUT2D eigenvalue weighted by atomic mass is 16.6. The molecule has 0 fully saturated rings. The number of hydrogen-bond donors (Lipinski definition) is 1. The first kappa shape index (κ1) is 15.1. The van der Waals surface area contributed by atoms with Crippen molar-refractivity contribution in [2.45, 2.75) is 39.7 Å². The molecule has 1 unspecified atom stereocenters. The van der Waals surface area contributed by atoms with Gasteiger partial charge in [-0.15, -0.1) is 0 Å². The van der Waals surface area contributed by atoms with Crippen LogP contribution in [0.2, 0.25) is 0 Å². The number of rotatable bonds is 6. The molecule has 5 nitrogen and oxygen atoms in total. The Labute approximate surface area is 113 Å². The van der Waals surface area contributed by atoms with E-state index in [1.807, 2.05) is 6.92 Å². The second kappa shape index (κ2) is 6.87. The predicted molar refractivity (Wildman–Crippen MR) is 74.1 cm³/mol. The van der Waals surface area contributed by atoms with Gasteiger partial charge in [-0.3, -0.25) is 14.9 Å². The Morgan fingerprint density at radius 3 is 2.47 bits per heavy atom. The van der Waals surface area contributed by atoms with E-state index in [-0.39, 0.29) is 23.2 Å². The number of carbonyl (C=O) groups is 1. The third-order valence-electron chi connectivity index (χ3n) is 2.90. The second-order valence-electron chi connectivity index (χ2n) is 5.12. The molecule has 1 rings (SSSR count). The summed E-state index contributed by atoms with van der Waals surface area (Å²) < 4.78 is 0. The number of hydrogen-bond acceptors (Lipinski definition) is 3. The minimum atomic E-state index is -0.534. The minimum absolute atomic E-state index is 0.00899. The molecule has 1 atom stereocenters. The van der Waals surface area contributed by atoms with Crippen molar-refractivity contribution in [3.8, 4) is 0 Å².